The van der Waals surface area contributed by atoms with Crippen LogP contribution in [0.2, 0.25) is 0 Å². The Balaban J connectivity index is 1.45. The average molecular weight is 440 g/mol. The fourth-order valence-electron chi connectivity index (χ4n) is 3.87. The molecule has 0 aliphatic carbocycles. The van der Waals surface area contributed by atoms with Gasteiger partial charge in [-0.05, 0) is 35.4 Å². The minimum absolute atomic E-state index is 0.643. The number of nitrogens with zero attached hydrogens (tertiary/aromatic N) is 3. The smallest absolute Gasteiger partial charge is 0.191 e. The van der Waals surface area contributed by atoms with E-state index in [1.807, 2.05) is 18.2 Å². The summed E-state index contributed by atoms with van der Waals surface area (Å²) in [6.07, 6.45) is 0. The van der Waals surface area contributed by atoms with Crippen molar-refractivity contribution in [2.24, 2.45) is 4.99 Å². The van der Waals surface area contributed by atoms with Crippen LogP contribution in [0.4, 0.5) is 0 Å². The van der Waals surface area contributed by atoms with Gasteiger partial charge in [-0.1, -0.05) is 37.3 Å². The second-order valence-electron chi connectivity index (χ2n) is 8.00. The molecule has 0 amide bonds. The van der Waals surface area contributed by atoms with Gasteiger partial charge >= 0.3 is 0 Å². The molecule has 2 aromatic rings. The van der Waals surface area contributed by atoms with E-state index in [4.69, 9.17) is 9.47 Å². The summed E-state index contributed by atoms with van der Waals surface area (Å²) in [4.78, 5) is 9.38. The number of ether oxygens (including phenoxy) is 2. The first-order valence-corrected chi connectivity index (χ1v) is 11.3. The lowest BCUT2D eigenvalue weighted by Crippen LogP contribution is -2.45. The van der Waals surface area contributed by atoms with E-state index in [2.05, 4.69) is 56.6 Å². The number of piperazine rings is 1. The van der Waals surface area contributed by atoms with E-state index in [1.54, 1.807) is 21.3 Å². The number of nitrogens with one attached hydrogen (secondary N) is 2. The molecule has 32 heavy (non-hydrogen) atoms. The number of methoxy groups -OCH3 is 2. The molecule has 7 heteroatoms. The Morgan fingerprint density at radius 1 is 0.812 bits per heavy atom. The quantitative estimate of drug-likeness (QED) is 0.463. The maximum Gasteiger partial charge on any atom is 0.191 e. The van der Waals surface area contributed by atoms with Gasteiger partial charge in [0.1, 0.15) is 0 Å². The summed E-state index contributed by atoms with van der Waals surface area (Å²) in [7, 11) is 5.07. The first-order valence-electron chi connectivity index (χ1n) is 11.3. The van der Waals surface area contributed by atoms with Crippen LogP contribution in [0.5, 0.6) is 11.5 Å². The van der Waals surface area contributed by atoms with Gasteiger partial charge in [0.25, 0.3) is 0 Å². The molecule has 0 atom stereocenters. The summed E-state index contributed by atoms with van der Waals surface area (Å²) < 4.78 is 10.7. The normalized spacial score (nSPS) is 15.4. The van der Waals surface area contributed by atoms with Gasteiger partial charge in [0.15, 0.2) is 17.5 Å². The van der Waals surface area contributed by atoms with Gasteiger partial charge < -0.3 is 25.0 Å². The summed E-state index contributed by atoms with van der Waals surface area (Å²) in [5.41, 5.74) is 3.70. The minimum atomic E-state index is 0.643. The number of benzene rings is 2. The van der Waals surface area contributed by atoms with Crippen LogP contribution in [-0.2, 0) is 19.6 Å². The maximum atomic E-state index is 5.38. The molecule has 1 aliphatic heterocycles. The zero-order valence-electron chi connectivity index (χ0n) is 19.9. The van der Waals surface area contributed by atoms with Crippen LogP contribution in [0, 0.1) is 0 Å². The third-order valence-corrected chi connectivity index (χ3v) is 5.93. The van der Waals surface area contributed by atoms with Crippen LogP contribution in [-0.4, -0.2) is 69.8 Å². The molecule has 0 aromatic heterocycles. The topological polar surface area (TPSA) is 61.4 Å². The highest BCUT2D eigenvalue weighted by molar-refractivity contribution is 5.79. The van der Waals surface area contributed by atoms with Crippen LogP contribution in [0.1, 0.15) is 23.6 Å². The fourth-order valence-corrected chi connectivity index (χ4v) is 3.87. The molecule has 174 valence electrons. The second-order valence-corrected chi connectivity index (χ2v) is 8.00. The molecule has 0 unspecified atom stereocenters. The van der Waals surface area contributed by atoms with E-state index < -0.39 is 0 Å². The molecule has 3 rings (SSSR count). The molecule has 1 aliphatic rings. The predicted octanol–water partition coefficient (Wildman–Crippen LogP) is 2.71. The van der Waals surface area contributed by atoms with E-state index in [0.29, 0.717) is 6.54 Å². The van der Waals surface area contributed by atoms with Crippen molar-refractivity contribution >= 4 is 5.96 Å². The van der Waals surface area contributed by atoms with Crippen molar-refractivity contribution in [2.75, 3.05) is 54.0 Å². The summed E-state index contributed by atoms with van der Waals surface area (Å²) in [5, 5.41) is 6.74. The molecule has 0 radical (unpaired) electrons. The molecular formula is C25H37N5O2. The summed E-state index contributed by atoms with van der Waals surface area (Å²) in [6.45, 7) is 10.4. The Labute approximate surface area is 192 Å². The van der Waals surface area contributed by atoms with Crippen molar-refractivity contribution in [3.63, 3.8) is 0 Å². The molecule has 1 saturated heterocycles. The number of rotatable bonds is 9. The van der Waals surface area contributed by atoms with Crippen molar-refractivity contribution in [1.29, 1.82) is 0 Å². The molecule has 7 nitrogen and oxygen atoms in total. The van der Waals surface area contributed by atoms with Crippen molar-refractivity contribution < 1.29 is 9.47 Å². The van der Waals surface area contributed by atoms with Crippen molar-refractivity contribution in [3.8, 4) is 11.5 Å². The standard InChI is InChI=1S/C25H37N5O2/c1-5-29-12-14-30(15-13-29)19-21-8-6-20(7-9-21)17-27-25(26-2)28-18-22-10-11-23(31-3)24(16-22)32-4/h6-11,16H,5,12-15,17-19H2,1-4H3,(H2,26,27,28). The first kappa shape index (κ1) is 23.9. The van der Waals surface area contributed by atoms with Gasteiger partial charge in [-0.3, -0.25) is 9.89 Å². The molecule has 0 spiro atoms. The third kappa shape index (κ3) is 6.87. The van der Waals surface area contributed by atoms with Gasteiger partial charge in [0, 0.05) is 52.9 Å². The molecule has 0 saturated carbocycles. The van der Waals surface area contributed by atoms with Crippen LogP contribution < -0.4 is 20.1 Å². The molecule has 2 N–H and O–H groups in total. The van der Waals surface area contributed by atoms with Crippen molar-refractivity contribution in [3.05, 3.63) is 59.2 Å². The first-order chi connectivity index (χ1) is 15.6. The SMILES string of the molecule is CCN1CCN(Cc2ccc(CNC(=NC)NCc3ccc(OC)c(OC)c3)cc2)CC1. The largest absolute Gasteiger partial charge is 0.493 e. The van der Waals surface area contributed by atoms with Gasteiger partial charge in [-0.2, -0.15) is 0 Å². The van der Waals surface area contributed by atoms with Crippen molar-refractivity contribution in [2.45, 2.75) is 26.6 Å². The lowest BCUT2D eigenvalue weighted by atomic mass is 10.1. The van der Waals surface area contributed by atoms with Gasteiger partial charge in [-0.15, -0.1) is 0 Å². The van der Waals surface area contributed by atoms with Gasteiger partial charge in [0.05, 0.1) is 14.2 Å². The molecule has 1 fully saturated rings. The highest BCUT2D eigenvalue weighted by Crippen LogP contribution is 2.27. The van der Waals surface area contributed by atoms with Crippen LogP contribution in [0.25, 0.3) is 0 Å². The average Bonchev–Trinajstić information content (AvgIpc) is 2.85. The van der Waals surface area contributed by atoms with E-state index in [-0.39, 0.29) is 0 Å². The predicted molar refractivity (Wildman–Crippen MR) is 130 cm³/mol. The Morgan fingerprint density at radius 3 is 1.97 bits per heavy atom. The fraction of sp³-hybridized carbons (Fsp3) is 0.480. The van der Waals surface area contributed by atoms with E-state index >= 15 is 0 Å². The Kier molecular flexibility index (Phi) is 9.19. The number of likely N-dealkylation sites (N-methyl/N-ethyl adjacent to an activating group) is 1. The zero-order valence-corrected chi connectivity index (χ0v) is 19.9. The lowest BCUT2D eigenvalue weighted by Gasteiger charge is -2.34. The minimum Gasteiger partial charge on any atom is -0.493 e. The summed E-state index contributed by atoms with van der Waals surface area (Å²) >= 11 is 0. The number of hydrogen-bond donors (Lipinski definition) is 2. The number of guanidine groups is 1. The van der Waals surface area contributed by atoms with Gasteiger partial charge in [-0.25, -0.2) is 0 Å². The summed E-state index contributed by atoms with van der Waals surface area (Å²) in [5.74, 6) is 2.21. The molecule has 2 aromatic carbocycles. The molecule has 0 bridgehead atoms. The van der Waals surface area contributed by atoms with Crippen molar-refractivity contribution in [1.82, 2.24) is 20.4 Å². The lowest BCUT2D eigenvalue weighted by molar-refractivity contribution is 0.132. The van der Waals surface area contributed by atoms with Crippen LogP contribution >= 0.6 is 0 Å². The van der Waals surface area contributed by atoms with E-state index in [0.717, 1.165) is 55.7 Å². The monoisotopic (exact) mass is 439 g/mol. The molecular weight excluding hydrogens is 402 g/mol. The highest BCUT2D eigenvalue weighted by Gasteiger charge is 2.15. The molecule has 1 heterocycles. The highest BCUT2D eigenvalue weighted by atomic mass is 16.5. The van der Waals surface area contributed by atoms with Crippen LogP contribution in [0.15, 0.2) is 47.5 Å². The number of hydrogen-bond acceptors (Lipinski definition) is 5. The third-order valence-electron chi connectivity index (χ3n) is 5.93. The summed E-state index contributed by atoms with van der Waals surface area (Å²) in [6, 6.07) is 14.8. The number of aliphatic imine (C=N–C) groups is 1. The Bertz CT molecular complexity index is 861. The second kappa shape index (κ2) is 12.3. The van der Waals surface area contributed by atoms with E-state index in [9.17, 15) is 0 Å². The van der Waals surface area contributed by atoms with E-state index in [1.165, 1.54) is 24.2 Å². The van der Waals surface area contributed by atoms with Gasteiger partial charge in [0.2, 0.25) is 0 Å². The van der Waals surface area contributed by atoms with Crippen LogP contribution in [0.3, 0.4) is 0 Å². The Hall–Kier alpha value is -2.77. The maximum absolute atomic E-state index is 5.38. The zero-order chi connectivity index (χ0) is 22.8. The Morgan fingerprint density at radius 2 is 1.38 bits per heavy atom.